The molecule has 18 heavy (non-hydrogen) atoms. The maximum absolute atomic E-state index is 4.29. The van der Waals surface area contributed by atoms with E-state index in [9.17, 15) is 0 Å². The Bertz CT molecular complexity index is 574. The molecule has 0 saturated carbocycles. The smallest absolute Gasteiger partial charge is 0.0887 e. The molecule has 0 aliphatic rings. The molecule has 0 heterocycles. The van der Waals surface area contributed by atoms with Crippen LogP contribution in [-0.2, 0) is 0 Å². The molecule has 0 radical (unpaired) electrons. The van der Waals surface area contributed by atoms with Crippen LogP contribution in [0.5, 0.6) is 0 Å². The highest BCUT2D eigenvalue weighted by molar-refractivity contribution is 5.56. The summed E-state index contributed by atoms with van der Waals surface area (Å²) in [6.45, 7) is 4.08. The molecule has 0 aliphatic carbocycles. The van der Waals surface area contributed by atoms with Crippen LogP contribution < -0.4 is 5.32 Å². The molecule has 1 N–H and O–H groups in total. The molecule has 0 fully saturated rings. The molecular weight excluding hydrogens is 222 g/mol. The molecule has 3 heteroatoms. The van der Waals surface area contributed by atoms with Crippen molar-refractivity contribution < 1.29 is 0 Å². The first kappa shape index (κ1) is 12.3. The van der Waals surface area contributed by atoms with Crippen molar-refractivity contribution in [2.75, 3.05) is 12.4 Å². The Balaban J connectivity index is 2.23. The summed E-state index contributed by atoms with van der Waals surface area (Å²) in [6, 6.07) is 14.0. The average molecular weight is 239 g/mol. The first-order valence-corrected chi connectivity index (χ1v) is 5.96. The van der Waals surface area contributed by atoms with Gasteiger partial charge in [-0.2, -0.15) is 10.2 Å². The highest BCUT2D eigenvalue weighted by Gasteiger charge is 1.98. The van der Waals surface area contributed by atoms with Gasteiger partial charge in [0.1, 0.15) is 0 Å². The number of aryl methyl sites for hydroxylation is 2. The maximum atomic E-state index is 4.29. The average Bonchev–Trinajstić information content (AvgIpc) is 2.37. The van der Waals surface area contributed by atoms with Crippen molar-refractivity contribution in [3.8, 4) is 0 Å². The number of benzene rings is 2. The van der Waals surface area contributed by atoms with Crippen LogP contribution in [0.3, 0.4) is 0 Å². The van der Waals surface area contributed by atoms with Crippen LogP contribution in [0, 0.1) is 13.8 Å². The van der Waals surface area contributed by atoms with Crippen molar-refractivity contribution in [2.24, 2.45) is 10.2 Å². The lowest BCUT2D eigenvalue weighted by Gasteiger charge is -2.03. The van der Waals surface area contributed by atoms with Crippen LogP contribution in [0.15, 0.2) is 52.7 Å². The highest BCUT2D eigenvalue weighted by Crippen LogP contribution is 2.24. The first-order chi connectivity index (χ1) is 8.69. The molecule has 0 unspecified atom stereocenters. The van der Waals surface area contributed by atoms with Crippen molar-refractivity contribution in [1.29, 1.82) is 0 Å². The Labute approximate surface area is 108 Å². The molecule has 0 aliphatic heterocycles. The normalized spacial score (nSPS) is 10.8. The molecule has 2 rings (SSSR count). The topological polar surface area (TPSA) is 36.8 Å². The van der Waals surface area contributed by atoms with Crippen LogP contribution in [0.2, 0.25) is 0 Å². The monoisotopic (exact) mass is 239 g/mol. The van der Waals surface area contributed by atoms with E-state index in [1.54, 1.807) is 0 Å². The molecule has 2 aromatic rings. The number of nitrogens with zero attached hydrogens (tertiary/aromatic N) is 2. The summed E-state index contributed by atoms with van der Waals surface area (Å²) in [5.74, 6) is 0. The lowest BCUT2D eigenvalue weighted by Crippen LogP contribution is -1.87. The van der Waals surface area contributed by atoms with Gasteiger partial charge in [0.05, 0.1) is 11.4 Å². The van der Waals surface area contributed by atoms with E-state index in [0.29, 0.717) is 0 Å². The lowest BCUT2D eigenvalue weighted by atomic mass is 10.2. The minimum absolute atomic E-state index is 0.882. The van der Waals surface area contributed by atoms with Gasteiger partial charge in [-0.05, 0) is 55.3 Å². The van der Waals surface area contributed by atoms with E-state index in [1.807, 2.05) is 57.3 Å². The third-order valence-corrected chi connectivity index (χ3v) is 2.76. The van der Waals surface area contributed by atoms with E-state index in [0.717, 1.165) is 22.6 Å². The highest BCUT2D eigenvalue weighted by atomic mass is 15.1. The van der Waals surface area contributed by atoms with E-state index in [2.05, 4.69) is 21.6 Å². The number of azo groups is 1. The van der Waals surface area contributed by atoms with Crippen molar-refractivity contribution in [3.63, 3.8) is 0 Å². The molecule has 0 atom stereocenters. The van der Waals surface area contributed by atoms with Gasteiger partial charge in [-0.25, -0.2) is 0 Å². The second-order valence-electron chi connectivity index (χ2n) is 4.29. The molecule has 0 spiro atoms. The summed E-state index contributed by atoms with van der Waals surface area (Å²) < 4.78 is 0. The van der Waals surface area contributed by atoms with Gasteiger partial charge in [-0.3, -0.25) is 0 Å². The van der Waals surface area contributed by atoms with E-state index in [-0.39, 0.29) is 0 Å². The third kappa shape index (κ3) is 2.94. The van der Waals surface area contributed by atoms with Gasteiger partial charge in [0, 0.05) is 12.7 Å². The number of rotatable bonds is 3. The molecule has 2 aromatic carbocycles. The van der Waals surface area contributed by atoms with Gasteiger partial charge in [-0.1, -0.05) is 12.1 Å². The van der Waals surface area contributed by atoms with Crippen LogP contribution in [0.4, 0.5) is 17.1 Å². The van der Waals surface area contributed by atoms with E-state index in [4.69, 9.17) is 0 Å². The zero-order valence-corrected chi connectivity index (χ0v) is 10.9. The summed E-state index contributed by atoms with van der Waals surface area (Å²) in [6.07, 6.45) is 0. The fraction of sp³-hybridized carbons (Fsp3) is 0.200. The van der Waals surface area contributed by atoms with Crippen molar-refractivity contribution in [1.82, 2.24) is 0 Å². The van der Waals surface area contributed by atoms with Crippen LogP contribution >= 0.6 is 0 Å². The van der Waals surface area contributed by atoms with Gasteiger partial charge in [-0.15, -0.1) is 0 Å². The van der Waals surface area contributed by atoms with E-state index < -0.39 is 0 Å². The zero-order chi connectivity index (χ0) is 13.0. The predicted molar refractivity (Wildman–Crippen MR) is 76.1 cm³/mol. The fourth-order valence-electron chi connectivity index (χ4n) is 1.72. The minimum atomic E-state index is 0.882. The van der Waals surface area contributed by atoms with Crippen molar-refractivity contribution >= 4 is 17.1 Å². The Hall–Kier alpha value is -2.16. The number of anilines is 1. The first-order valence-electron chi connectivity index (χ1n) is 5.96. The molecule has 0 amide bonds. The summed E-state index contributed by atoms with van der Waals surface area (Å²) in [7, 11) is 1.91. The number of hydrogen-bond donors (Lipinski definition) is 1. The molecule has 3 nitrogen and oxygen atoms in total. The summed E-state index contributed by atoms with van der Waals surface area (Å²) in [4.78, 5) is 0. The van der Waals surface area contributed by atoms with Gasteiger partial charge in [0.15, 0.2) is 0 Å². The second-order valence-corrected chi connectivity index (χ2v) is 4.29. The van der Waals surface area contributed by atoms with Gasteiger partial charge < -0.3 is 5.32 Å². The maximum Gasteiger partial charge on any atom is 0.0887 e. The minimum Gasteiger partial charge on any atom is -0.388 e. The van der Waals surface area contributed by atoms with E-state index >= 15 is 0 Å². The molecule has 0 saturated heterocycles. The van der Waals surface area contributed by atoms with Gasteiger partial charge in [0.25, 0.3) is 0 Å². The SMILES string of the molecule is CNc1ccc(N=Nc2cccc(C)c2)c(C)c1. The largest absolute Gasteiger partial charge is 0.388 e. The van der Waals surface area contributed by atoms with Gasteiger partial charge >= 0.3 is 0 Å². The summed E-state index contributed by atoms with van der Waals surface area (Å²) in [5, 5.41) is 11.7. The summed E-state index contributed by atoms with van der Waals surface area (Å²) in [5.41, 5.74) is 5.16. The Morgan fingerprint density at radius 3 is 2.44 bits per heavy atom. The predicted octanol–water partition coefficient (Wildman–Crippen LogP) is 4.76. The molecule has 0 bridgehead atoms. The van der Waals surface area contributed by atoms with Crippen molar-refractivity contribution in [3.05, 3.63) is 53.6 Å². The number of hydrogen-bond acceptors (Lipinski definition) is 3. The van der Waals surface area contributed by atoms with E-state index in [1.165, 1.54) is 5.56 Å². The van der Waals surface area contributed by atoms with Crippen LogP contribution in [-0.4, -0.2) is 7.05 Å². The Morgan fingerprint density at radius 1 is 0.944 bits per heavy atom. The molecular formula is C15H17N3. The fourth-order valence-corrected chi connectivity index (χ4v) is 1.72. The third-order valence-electron chi connectivity index (χ3n) is 2.76. The molecule has 92 valence electrons. The Kier molecular flexibility index (Phi) is 3.72. The number of nitrogens with one attached hydrogen (secondary N) is 1. The lowest BCUT2D eigenvalue weighted by molar-refractivity contribution is 1.20. The summed E-state index contributed by atoms with van der Waals surface area (Å²) >= 11 is 0. The van der Waals surface area contributed by atoms with Crippen molar-refractivity contribution in [2.45, 2.75) is 13.8 Å². The second kappa shape index (κ2) is 5.45. The standard InChI is InChI=1S/C15H17N3/c1-11-5-4-6-14(9-11)17-18-15-8-7-13(16-3)10-12(15)2/h4-10,16H,1-3H3. The van der Waals surface area contributed by atoms with Gasteiger partial charge in [0.2, 0.25) is 0 Å². The molecule has 0 aromatic heterocycles. The quantitative estimate of drug-likeness (QED) is 0.770. The Morgan fingerprint density at radius 2 is 1.78 bits per heavy atom. The van der Waals surface area contributed by atoms with Crippen LogP contribution in [0.25, 0.3) is 0 Å². The zero-order valence-electron chi connectivity index (χ0n) is 10.9. The van der Waals surface area contributed by atoms with Crippen LogP contribution in [0.1, 0.15) is 11.1 Å².